The first-order valence-corrected chi connectivity index (χ1v) is 8.18. The number of amides is 2. The summed E-state index contributed by atoms with van der Waals surface area (Å²) in [6.45, 7) is 4.80. The van der Waals surface area contributed by atoms with E-state index < -0.39 is 5.54 Å². The van der Waals surface area contributed by atoms with E-state index >= 15 is 0 Å². The average Bonchev–Trinajstić information content (AvgIpc) is 3.28. The van der Waals surface area contributed by atoms with Gasteiger partial charge in [-0.1, -0.05) is 31.2 Å². The highest BCUT2D eigenvalue weighted by Gasteiger charge is 2.42. The average molecular weight is 302 g/mol. The van der Waals surface area contributed by atoms with E-state index in [1.165, 1.54) is 11.1 Å². The molecule has 22 heavy (non-hydrogen) atoms. The SMILES string of the molecule is CC1(CNC(=O)NC(C)(CO)C2CC2)Cc2ccccc2C1. The summed E-state index contributed by atoms with van der Waals surface area (Å²) in [4.78, 5) is 12.2. The summed E-state index contributed by atoms with van der Waals surface area (Å²) in [7, 11) is 0. The quantitative estimate of drug-likeness (QED) is 0.781. The summed E-state index contributed by atoms with van der Waals surface area (Å²) in [5, 5.41) is 15.5. The van der Waals surface area contributed by atoms with Gasteiger partial charge in [0.05, 0.1) is 12.1 Å². The van der Waals surface area contributed by atoms with Crippen molar-refractivity contribution in [2.24, 2.45) is 11.3 Å². The van der Waals surface area contributed by atoms with E-state index in [1.54, 1.807) is 0 Å². The molecular weight excluding hydrogens is 276 g/mol. The van der Waals surface area contributed by atoms with Crippen molar-refractivity contribution < 1.29 is 9.90 Å². The normalized spacial score (nSPS) is 21.8. The standard InChI is InChI=1S/C18H26N2O2/c1-17(9-13-5-3-4-6-14(13)10-17)11-19-16(22)20-18(2,12-21)15-7-8-15/h3-6,15,21H,7-12H2,1-2H3,(H2,19,20,22). The number of fused-ring (bicyclic) bond motifs is 1. The molecule has 120 valence electrons. The zero-order valence-electron chi connectivity index (χ0n) is 13.5. The van der Waals surface area contributed by atoms with E-state index in [0.29, 0.717) is 12.5 Å². The molecule has 1 saturated carbocycles. The van der Waals surface area contributed by atoms with Crippen molar-refractivity contribution in [2.75, 3.05) is 13.2 Å². The van der Waals surface area contributed by atoms with Crippen LogP contribution >= 0.6 is 0 Å². The van der Waals surface area contributed by atoms with Gasteiger partial charge in [-0.05, 0) is 55.1 Å². The van der Waals surface area contributed by atoms with E-state index in [-0.39, 0.29) is 18.1 Å². The summed E-state index contributed by atoms with van der Waals surface area (Å²) < 4.78 is 0. The maximum atomic E-state index is 12.2. The van der Waals surface area contributed by atoms with Crippen LogP contribution in [0.1, 0.15) is 37.8 Å². The number of benzene rings is 1. The maximum Gasteiger partial charge on any atom is 0.315 e. The summed E-state index contributed by atoms with van der Waals surface area (Å²) in [6.07, 6.45) is 4.18. The smallest absolute Gasteiger partial charge is 0.315 e. The van der Waals surface area contributed by atoms with E-state index in [4.69, 9.17) is 0 Å². The van der Waals surface area contributed by atoms with E-state index in [0.717, 1.165) is 25.7 Å². The molecule has 0 bridgehead atoms. The molecule has 4 nitrogen and oxygen atoms in total. The number of carbonyl (C=O) groups is 1. The van der Waals surface area contributed by atoms with E-state index in [2.05, 4.69) is 41.8 Å². The molecule has 4 heteroatoms. The molecule has 1 atom stereocenters. The minimum atomic E-state index is -0.483. The number of aliphatic hydroxyl groups is 1. The van der Waals surface area contributed by atoms with Gasteiger partial charge in [0.2, 0.25) is 0 Å². The molecule has 3 N–H and O–H groups in total. The van der Waals surface area contributed by atoms with Crippen LogP contribution in [-0.4, -0.2) is 29.8 Å². The molecule has 1 aromatic rings. The molecular formula is C18H26N2O2. The molecule has 0 aromatic heterocycles. The number of carbonyl (C=O) groups excluding carboxylic acids is 1. The first kappa shape index (κ1) is 15.3. The molecule has 1 fully saturated rings. The lowest BCUT2D eigenvalue weighted by atomic mass is 9.87. The Morgan fingerprint density at radius 2 is 1.91 bits per heavy atom. The number of rotatable bonds is 5. The van der Waals surface area contributed by atoms with Gasteiger partial charge in [0.15, 0.2) is 0 Å². The first-order valence-electron chi connectivity index (χ1n) is 8.18. The Balaban J connectivity index is 1.53. The summed E-state index contributed by atoms with van der Waals surface area (Å²) in [5.74, 6) is 0.412. The van der Waals surface area contributed by atoms with Crippen molar-refractivity contribution >= 4 is 6.03 Å². The molecule has 0 heterocycles. The third-order valence-electron chi connectivity index (χ3n) is 5.23. The number of aliphatic hydroxyl groups excluding tert-OH is 1. The Labute approximate surface area is 132 Å². The lowest BCUT2D eigenvalue weighted by Gasteiger charge is -2.30. The van der Waals surface area contributed by atoms with Gasteiger partial charge >= 0.3 is 6.03 Å². The lowest BCUT2D eigenvalue weighted by molar-refractivity contribution is 0.153. The number of urea groups is 1. The van der Waals surface area contributed by atoms with Crippen LogP contribution in [-0.2, 0) is 12.8 Å². The maximum absolute atomic E-state index is 12.2. The molecule has 1 unspecified atom stereocenters. The van der Waals surface area contributed by atoms with E-state index in [9.17, 15) is 9.90 Å². The van der Waals surface area contributed by atoms with Crippen LogP contribution in [0.4, 0.5) is 4.79 Å². The van der Waals surface area contributed by atoms with Crippen molar-refractivity contribution in [1.29, 1.82) is 0 Å². The largest absolute Gasteiger partial charge is 0.394 e. The predicted octanol–water partition coefficient (Wildman–Crippen LogP) is 2.25. The van der Waals surface area contributed by atoms with Crippen LogP contribution in [0.25, 0.3) is 0 Å². The molecule has 2 amide bonds. The highest BCUT2D eigenvalue weighted by molar-refractivity contribution is 5.75. The van der Waals surface area contributed by atoms with Crippen molar-refractivity contribution in [2.45, 2.75) is 45.1 Å². The third kappa shape index (κ3) is 3.12. The Hall–Kier alpha value is -1.55. The highest BCUT2D eigenvalue weighted by Crippen LogP contribution is 2.39. The van der Waals surface area contributed by atoms with Crippen molar-refractivity contribution in [1.82, 2.24) is 10.6 Å². The van der Waals surface area contributed by atoms with Gasteiger partial charge in [0, 0.05) is 6.54 Å². The minimum absolute atomic E-state index is 0.00615. The predicted molar refractivity (Wildman–Crippen MR) is 86.7 cm³/mol. The summed E-state index contributed by atoms with van der Waals surface area (Å²) in [6, 6.07) is 8.34. The molecule has 2 aliphatic rings. The Morgan fingerprint density at radius 3 is 2.41 bits per heavy atom. The molecule has 0 radical (unpaired) electrons. The van der Waals surface area contributed by atoms with Crippen LogP contribution in [0.3, 0.4) is 0 Å². The molecule has 0 saturated heterocycles. The second-order valence-corrected chi connectivity index (χ2v) is 7.59. The van der Waals surface area contributed by atoms with Gasteiger partial charge in [0.1, 0.15) is 0 Å². The van der Waals surface area contributed by atoms with Crippen molar-refractivity contribution in [3.63, 3.8) is 0 Å². The van der Waals surface area contributed by atoms with Crippen LogP contribution < -0.4 is 10.6 Å². The van der Waals surface area contributed by atoms with Gasteiger partial charge in [-0.2, -0.15) is 0 Å². The molecule has 1 aromatic carbocycles. The molecule has 2 aliphatic carbocycles. The monoisotopic (exact) mass is 302 g/mol. The number of hydrogen-bond acceptors (Lipinski definition) is 2. The Kier molecular flexibility index (Phi) is 3.89. The fourth-order valence-electron chi connectivity index (χ4n) is 3.60. The lowest BCUT2D eigenvalue weighted by Crippen LogP contribution is -2.55. The van der Waals surface area contributed by atoms with Crippen molar-refractivity contribution in [3.8, 4) is 0 Å². The Morgan fingerprint density at radius 1 is 1.32 bits per heavy atom. The molecule has 0 aliphatic heterocycles. The topological polar surface area (TPSA) is 61.4 Å². The number of nitrogens with one attached hydrogen (secondary N) is 2. The zero-order chi connectivity index (χ0) is 15.8. The van der Waals surface area contributed by atoms with Gasteiger partial charge in [-0.3, -0.25) is 0 Å². The van der Waals surface area contributed by atoms with Gasteiger partial charge < -0.3 is 15.7 Å². The van der Waals surface area contributed by atoms with Crippen LogP contribution in [0.15, 0.2) is 24.3 Å². The molecule has 0 spiro atoms. The van der Waals surface area contributed by atoms with Gasteiger partial charge in [-0.15, -0.1) is 0 Å². The van der Waals surface area contributed by atoms with Crippen LogP contribution in [0.2, 0.25) is 0 Å². The van der Waals surface area contributed by atoms with Gasteiger partial charge in [0.25, 0.3) is 0 Å². The van der Waals surface area contributed by atoms with E-state index in [1.807, 2.05) is 6.92 Å². The molecule has 3 rings (SSSR count). The third-order valence-corrected chi connectivity index (χ3v) is 5.23. The minimum Gasteiger partial charge on any atom is -0.394 e. The van der Waals surface area contributed by atoms with Crippen LogP contribution in [0, 0.1) is 11.3 Å². The number of hydrogen-bond donors (Lipinski definition) is 3. The zero-order valence-corrected chi connectivity index (χ0v) is 13.5. The van der Waals surface area contributed by atoms with Gasteiger partial charge in [-0.25, -0.2) is 4.79 Å². The first-order chi connectivity index (χ1) is 10.4. The van der Waals surface area contributed by atoms with Crippen molar-refractivity contribution in [3.05, 3.63) is 35.4 Å². The fourth-order valence-corrected chi connectivity index (χ4v) is 3.60. The second-order valence-electron chi connectivity index (χ2n) is 7.59. The van der Waals surface area contributed by atoms with Crippen LogP contribution in [0.5, 0.6) is 0 Å². The summed E-state index contributed by atoms with van der Waals surface area (Å²) >= 11 is 0. The second kappa shape index (κ2) is 5.58. The summed E-state index contributed by atoms with van der Waals surface area (Å²) in [5.41, 5.74) is 2.38. The Bertz CT molecular complexity index is 543. The highest BCUT2D eigenvalue weighted by atomic mass is 16.3. The fraction of sp³-hybridized carbons (Fsp3) is 0.611.